The third-order valence-corrected chi connectivity index (χ3v) is 5.65. The van der Waals surface area contributed by atoms with E-state index >= 15 is 0 Å². The number of halogens is 2. The second-order valence-electron chi connectivity index (χ2n) is 7.14. The maximum atomic E-state index is 13.5. The molecule has 0 spiro atoms. The molecule has 0 N–H and O–H groups in total. The molecule has 0 aliphatic carbocycles. The van der Waals surface area contributed by atoms with E-state index in [1.807, 2.05) is 13.0 Å². The molecule has 0 saturated heterocycles. The Morgan fingerprint density at radius 3 is 2.43 bits per heavy atom. The Morgan fingerprint density at radius 2 is 1.70 bits per heavy atom. The fourth-order valence-corrected chi connectivity index (χ4v) is 4.09. The van der Waals surface area contributed by atoms with Crippen molar-refractivity contribution in [1.29, 1.82) is 0 Å². The monoisotopic (exact) mass is 436 g/mol. The Hall–Kier alpha value is -3.15. The topological polar surface area (TPSA) is 63.4 Å². The average Bonchev–Trinajstić information content (AvgIpc) is 3.02. The van der Waals surface area contributed by atoms with Crippen molar-refractivity contribution in [3.63, 3.8) is 0 Å². The van der Waals surface area contributed by atoms with Crippen molar-refractivity contribution < 1.29 is 9.21 Å². The molecule has 1 amide bonds. The molecule has 7 heteroatoms. The number of anilines is 1. The van der Waals surface area contributed by atoms with Crippen LogP contribution in [0.5, 0.6) is 0 Å². The summed E-state index contributed by atoms with van der Waals surface area (Å²) < 4.78 is 5.91. The summed E-state index contributed by atoms with van der Waals surface area (Å²) in [4.78, 5) is 32.8. The van der Waals surface area contributed by atoms with E-state index in [0.717, 1.165) is 11.1 Å². The Kier molecular flexibility index (Phi) is 4.38. The fourth-order valence-electron chi connectivity index (χ4n) is 3.79. The normalized spacial score (nSPS) is 15.6. The van der Waals surface area contributed by atoms with Crippen molar-refractivity contribution in [2.45, 2.75) is 13.0 Å². The van der Waals surface area contributed by atoms with Crippen LogP contribution in [0.3, 0.4) is 0 Å². The van der Waals surface area contributed by atoms with Crippen molar-refractivity contribution in [2.24, 2.45) is 0 Å². The number of hydrogen-bond donors (Lipinski definition) is 0. The summed E-state index contributed by atoms with van der Waals surface area (Å²) >= 11 is 12.2. The first-order valence-corrected chi connectivity index (χ1v) is 9.97. The van der Waals surface area contributed by atoms with E-state index in [1.165, 1.54) is 4.90 Å². The van der Waals surface area contributed by atoms with Gasteiger partial charge in [0.1, 0.15) is 11.4 Å². The zero-order valence-electron chi connectivity index (χ0n) is 15.7. The van der Waals surface area contributed by atoms with Crippen LogP contribution in [0.25, 0.3) is 11.0 Å². The molecule has 5 nitrogen and oxygen atoms in total. The Labute approximate surface area is 181 Å². The predicted octanol–water partition coefficient (Wildman–Crippen LogP) is 5.55. The van der Waals surface area contributed by atoms with Crippen LogP contribution >= 0.6 is 23.2 Å². The number of amides is 1. The van der Waals surface area contributed by atoms with Gasteiger partial charge in [0, 0.05) is 16.2 Å². The van der Waals surface area contributed by atoms with E-state index < -0.39 is 11.9 Å². The second-order valence-corrected chi connectivity index (χ2v) is 8.01. The van der Waals surface area contributed by atoms with Gasteiger partial charge in [0.15, 0.2) is 5.43 Å². The highest BCUT2D eigenvalue weighted by Crippen LogP contribution is 2.41. The van der Waals surface area contributed by atoms with E-state index in [9.17, 15) is 9.59 Å². The van der Waals surface area contributed by atoms with Gasteiger partial charge in [-0.05, 0) is 60.5 Å². The lowest BCUT2D eigenvalue weighted by molar-refractivity contribution is 0.0970. The van der Waals surface area contributed by atoms with Gasteiger partial charge in [-0.1, -0.05) is 35.3 Å². The molecule has 0 radical (unpaired) electrons. The van der Waals surface area contributed by atoms with E-state index in [1.54, 1.807) is 54.7 Å². The predicted molar refractivity (Wildman–Crippen MR) is 117 cm³/mol. The van der Waals surface area contributed by atoms with E-state index in [-0.39, 0.29) is 16.8 Å². The van der Waals surface area contributed by atoms with Gasteiger partial charge >= 0.3 is 0 Å². The number of aromatic nitrogens is 1. The molecule has 4 aromatic rings. The maximum Gasteiger partial charge on any atom is 0.296 e. The number of aryl methyl sites for hydroxylation is 1. The highest BCUT2D eigenvalue weighted by atomic mass is 35.5. The number of nitrogens with zero attached hydrogens (tertiary/aromatic N) is 2. The molecule has 1 aliphatic rings. The van der Waals surface area contributed by atoms with Crippen LogP contribution in [0.4, 0.5) is 5.82 Å². The van der Waals surface area contributed by atoms with Gasteiger partial charge in [-0.3, -0.25) is 14.5 Å². The van der Waals surface area contributed by atoms with Crippen LogP contribution in [-0.4, -0.2) is 10.9 Å². The van der Waals surface area contributed by atoms with Crippen LogP contribution < -0.4 is 10.3 Å². The van der Waals surface area contributed by atoms with Gasteiger partial charge < -0.3 is 4.42 Å². The van der Waals surface area contributed by atoms with Crippen molar-refractivity contribution in [1.82, 2.24) is 4.98 Å². The highest BCUT2D eigenvalue weighted by Gasteiger charge is 2.44. The highest BCUT2D eigenvalue weighted by molar-refractivity contribution is 6.31. The minimum absolute atomic E-state index is 0.0121. The molecule has 0 bridgehead atoms. The molecule has 2 aromatic carbocycles. The first-order valence-electron chi connectivity index (χ1n) is 9.22. The standard InChI is InChI=1S/C23H14Cl2N2O3/c1-12-8-9-26-18(10-12)27-20(13-2-4-14(24)5-3-13)19-21(28)16-11-15(25)6-7-17(16)30-22(19)23(27)29/h2-11,20H,1H3. The van der Waals surface area contributed by atoms with Crippen LogP contribution in [0.1, 0.15) is 33.3 Å². The van der Waals surface area contributed by atoms with Crippen molar-refractivity contribution in [3.8, 4) is 0 Å². The van der Waals surface area contributed by atoms with Crippen LogP contribution in [0.15, 0.2) is 70.0 Å². The lowest BCUT2D eigenvalue weighted by Gasteiger charge is -2.24. The van der Waals surface area contributed by atoms with Gasteiger partial charge in [0.05, 0.1) is 17.0 Å². The van der Waals surface area contributed by atoms with Crippen LogP contribution in [0, 0.1) is 6.92 Å². The van der Waals surface area contributed by atoms with Gasteiger partial charge in [-0.2, -0.15) is 0 Å². The minimum atomic E-state index is -0.696. The quantitative estimate of drug-likeness (QED) is 0.412. The zero-order valence-corrected chi connectivity index (χ0v) is 17.2. The van der Waals surface area contributed by atoms with Gasteiger partial charge in [0.25, 0.3) is 5.91 Å². The molecule has 0 fully saturated rings. The Morgan fingerprint density at radius 1 is 0.967 bits per heavy atom. The molecule has 3 heterocycles. The number of hydrogen-bond acceptors (Lipinski definition) is 4. The van der Waals surface area contributed by atoms with Crippen LogP contribution in [0.2, 0.25) is 10.0 Å². The summed E-state index contributed by atoms with van der Waals surface area (Å²) in [6.45, 7) is 1.91. The number of rotatable bonds is 2. The Bertz CT molecular complexity index is 1380. The molecule has 2 aromatic heterocycles. The summed E-state index contributed by atoms with van der Waals surface area (Å²) in [6.07, 6.45) is 1.63. The smallest absolute Gasteiger partial charge is 0.296 e. The van der Waals surface area contributed by atoms with E-state index in [0.29, 0.717) is 26.8 Å². The number of benzene rings is 2. The molecule has 0 saturated carbocycles. The summed E-state index contributed by atoms with van der Waals surface area (Å²) in [5.41, 5.74) is 1.95. The lowest BCUT2D eigenvalue weighted by atomic mass is 9.98. The summed E-state index contributed by atoms with van der Waals surface area (Å²) in [5, 5.41) is 1.30. The average molecular weight is 437 g/mol. The number of fused-ring (bicyclic) bond motifs is 2. The van der Waals surface area contributed by atoms with Crippen molar-refractivity contribution in [2.75, 3.05) is 4.90 Å². The molecule has 148 valence electrons. The summed E-state index contributed by atoms with van der Waals surface area (Å²) in [6, 6.07) is 14.7. The van der Waals surface area contributed by atoms with Crippen molar-refractivity contribution in [3.05, 3.63) is 104 Å². The second kappa shape index (κ2) is 6.97. The third-order valence-electron chi connectivity index (χ3n) is 5.17. The first kappa shape index (κ1) is 18.9. The summed E-state index contributed by atoms with van der Waals surface area (Å²) in [7, 11) is 0. The molecule has 30 heavy (non-hydrogen) atoms. The molecule has 5 rings (SSSR count). The molecular formula is C23H14Cl2N2O3. The van der Waals surface area contributed by atoms with Gasteiger partial charge in [0.2, 0.25) is 5.76 Å². The zero-order chi connectivity index (χ0) is 21.0. The fraction of sp³-hybridized carbons (Fsp3) is 0.0870. The minimum Gasteiger partial charge on any atom is -0.450 e. The largest absolute Gasteiger partial charge is 0.450 e. The van der Waals surface area contributed by atoms with Crippen LogP contribution in [-0.2, 0) is 0 Å². The number of carbonyl (C=O) groups is 1. The van der Waals surface area contributed by atoms with E-state index in [4.69, 9.17) is 27.6 Å². The lowest BCUT2D eigenvalue weighted by Crippen LogP contribution is -2.30. The van der Waals surface area contributed by atoms with E-state index in [2.05, 4.69) is 4.98 Å². The third kappa shape index (κ3) is 2.90. The molecular weight excluding hydrogens is 423 g/mol. The van der Waals surface area contributed by atoms with Gasteiger partial charge in [-0.15, -0.1) is 0 Å². The Balaban J connectivity index is 1.83. The molecule has 1 aliphatic heterocycles. The summed E-state index contributed by atoms with van der Waals surface area (Å²) in [5.74, 6) is 0.0305. The molecule has 1 atom stereocenters. The van der Waals surface area contributed by atoms with Gasteiger partial charge in [-0.25, -0.2) is 4.98 Å². The van der Waals surface area contributed by atoms with Crippen molar-refractivity contribution >= 4 is 45.9 Å². The number of carbonyl (C=O) groups excluding carboxylic acids is 1. The number of pyridine rings is 1. The first-order chi connectivity index (χ1) is 14.4. The maximum absolute atomic E-state index is 13.5. The molecule has 1 unspecified atom stereocenters. The SMILES string of the molecule is Cc1ccnc(N2C(=O)c3oc4ccc(Cl)cc4c(=O)c3C2c2ccc(Cl)cc2)c1.